The molecule has 0 aliphatic heterocycles. The van der Waals surface area contributed by atoms with Crippen molar-refractivity contribution in [3.63, 3.8) is 0 Å². The third-order valence-corrected chi connectivity index (χ3v) is 9.04. The fourth-order valence-corrected chi connectivity index (χ4v) is 7.13. The second kappa shape index (κ2) is 10.7. The molecule has 0 amide bonds. The summed E-state index contributed by atoms with van der Waals surface area (Å²) < 4.78 is 17.6. The van der Waals surface area contributed by atoms with Gasteiger partial charge in [0.15, 0.2) is 0 Å². The van der Waals surface area contributed by atoms with Crippen LogP contribution < -0.4 is 4.74 Å². The Bertz CT molecular complexity index is 1210. The molecule has 4 rings (SSSR count). The van der Waals surface area contributed by atoms with Gasteiger partial charge in [-0.05, 0) is 48.7 Å². The van der Waals surface area contributed by atoms with E-state index in [1.165, 1.54) is 11.8 Å². The van der Waals surface area contributed by atoms with Crippen LogP contribution in [0.3, 0.4) is 0 Å². The topological polar surface area (TPSA) is 83.2 Å². The number of methoxy groups -OCH3 is 1. The molecule has 7 heteroatoms. The molecule has 34 heavy (non-hydrogen) atoms. The lowest BCUT2D eigenvalue weighted by molar-refractivity contribution is 0.0326. The minimum absolute atomic E-state index is 0.266. The van der Waals surface area contributed by atoms with Crippen LogP contribution in [0.1, 0.15) is 31.2 Å². The van der Waals surface area contributed by atoms with Gasteiger partial charge in [-0.3, -0.25) is 4.21 Å². The van der Waals surface area contributed by atoms with Crippen molar-refractivity contribution in [1.29, 1.82) is 5.26 Å². The Morgan fingerprint density at radius 2 is 1.91 bits per heavy atom. The molecule has 3 aromatic rings. The molecule has 3 atom stereocenters. The molecule has 0 bridgehead atoms. The fourth-order valence-electron chi connectivity index (χ4n) is 4.51. The molecule has 2 aromatic carbocycles. The number of nitrogens with zero attached hydrogens (tertiary/aromatic N) is 2. The lowest BCUT2D eigenvalue weighted by atomic mass is 9.86. The molecular weight excluding hydrogens is 464 g/mol. The zero-order chi connectivity index (χ0) is 24.1. The Morgan fingerprint density at radius 3 is 2.56 bits per heavy atom. The lowest BCUT2D eigenvalue weighted by Gasteiger charge is -2.38. The first-order chi connectivity index (χ1) is 16.4. The van der Waals surface area contributed by atoms with Gasteiger partial charge >= 0.3 is 0 Å². The second-order valence-electron chi connectivity index (χ2n) is 8.57. The molecule has 0 unspecified atom stereocenters. The third kappa shape index (κ3) is 5.20. The summed E-state index contributed by atoms with van der Waals surface area (Å²) in [7, 11) is 0.510. The molecule has 5 nitrogen and oxygen atoms in total. The molecule has 176 valence electrons. The summed E-state index contributed by atoms with van der Waals surface area (Å²) in [6, 6.07) is 21.8. The quantitative estimate of drug-likeness (QED) is 0.442. The van der Waals surface area contributed by atoms with Crippen molar-refractivity contribution in [2.45, 2.75) is 41.6 Å². The highest BCUT2D eigenvalue weighted by molar-refractivity contribution is 7.99. The van der Waals surface area contributed by atoms with E-state index in [4.69, 9.17) is 9.72 Å². The van der Waals surface area contributed by atoms with Gasteiger partial charge < -0.3 is 9.84 Å². The van der Waals surface area contributed by atoms with Crippen molar-refractivity contribution in [1.82, 2.24) is 4.98 Å². The van der Waals surface area contributed by atoms with Crippen LogP contribution in [0.5, 0.6) is 5.75 Å². The van der Waals surface area contributed by atoms with Crippen LogP contribution in [-0.2, 0) is 10.8 Å². The molecule has 0 radical (unpaired) electrons. The minimum atomic E-state index is -1.12. The standard InChI is InChI=1S/C27H28N2O3S2/c1-32-21-13-11-20(12-14-21)24-16-22(19-8-4-3-5-9-19)23(17-28)26(29-24)33-18-27(30)15-7-6-10-25(27)34(2)31/h3-5,8-9,11-14,16,25,30H,6-7,10,15,18H2,1-2H3/t25-,27+,34-/m0/s1. The Hall–Kier alpha value is -2.66. The van der Waals surface area contributed by atoms with Crippen LogP contribution >= 0.6 is 11.8 Å². The van der Waals surface area contributed by atoms with E-state index in [1.54, 1.807) is 13.4 Å². The summed E-state index contributed by atoms with van der Waals surface area (Å²) in [5.41, 5.74) is 2.84. The second-order valence-corrected chi connectivity index (χ2v) is 11.1. The molecule has 1 aromatic heterocycles. The highest BCUT2D eigenvalue weighted by Gasteiger charge is 2.41. The Kier molecular flexibility index (Phi) is 7.72. The molecule has 1 N–H and O–H groups in total. The van der Waals surface area contributed by atoms with Gasteiger partial charge in [-0.25, -0.2) is 4.98 Å². The Morgan fingerprint density at radius 1 is 1.18 bits per heavy atom. The Labute approximate surface area is 207 Å². The van der Waals surface area contributed by atoms with Gasteiger partial charge in [0, 0.05) is 33.9 Å². The van der Waals surface area contributed by atoms with Gasteiger partial charge in [-0.15, -0.1) is 11.8 Å². The molecule has 0 saturated heterocycles. The first-order valence-corrected chi connectivity index (χ1v) is 13.9. The monoisotopic (exact) mass is 492 g/mol. The molecular formula is C27H28N2O3S2. The van der Waals surface area contributed by atoms with Gasteiger partial charge in [-0.1, -0.05) is 43.2 Å². The maximum absolute atomic E-state index is 12.3. The summed E-state index contributed by atoms with van der Waals surface area (Å²) in [4.78, 5) is 4.85. The van der Waals surface area contributed by atoms with Gasteiger partial charge in [-0.2, -0.15) is 5.26 Å². The SMILES string of the molecule is COc1ccc(-c2cc(-c3ccccc3)c(C#N)c(SC[C@]3(O)CCCC[C@@H]3[S@](C)=O)n2)cc1. The van der Waals surface area contributed by atoms with Crippen LogP contribution in [0.2, 0.25) is 0 Å². The molecule has 1 saturated carbocycles. The molecule has 0 spiro atoms. The fraction of sp³-hybridized carbons (Fsp3) is 0.333. The van der Waals surface area contributed by atoms with E-state index in [9.17, 15) is 14.6 Å². The number of ether oxygens (including phenoxy) is 1. The summed E-state index contributed by atoms with van der Waals surface area (Å²) in [5, 5.41) is 21.8. The van der Waals surface area contributed by atoms with E-state index in [0.29, 0.717) is 22.8 Å². The number of hydrogen-bond donors (Lipinski definition) is 1. The van der Waals surface area contributed by atoms with E-state index in [2.05, 4.69) is 6.07 Å². The van der Waals surface area contributed by atoms with Gasteiger partial charge in [0.25, 0.3) is 0 Å². The smallest absolute Gasteiger partial charge is 0.118 e. The summed E-state index contributed by atoms with van der Waals surface area (Å²) in [6.07, 6.45) is 4.91. The zero-order valence-corrected chi connectivity index (χ0v) is 21.0. The maximum atomic E-state index is 12.3. The molecule has 1 fully saturated rings. The first kappa shape index (κ1) is 24.5. The summed E-state index contributed by atoms with van der Waals surface area (Å²) in [6.45, 7) is 0. The van der Waals surface area contributed by atoms with E-state index < -0.39 is 16.4 Å². The van der Waals surface area contributed by atoms with Crippen molar-refractivity contribution in [2.75, 3.05) is 19.1 Å². The van der Waals surface area contributed by atoms with Crippen molar-refractivity contribution >= 4 is 22.6 Å². The van der Waals surface area contributed by atoms with Crippen LogP contribution in [0.4, 0.5) is 0 Å². The van der Waals surface area contributed by atoms with Crippen LogP contribution in [-0.4, -0.2) is 44.3 Å². The van der Waals surface area contributed by atoms with Gasteiger partial charge in [0.1, 0.15) is 16.8 Å². The highest BCUT2D eigenvalue weighted by Crippen LogP contribution is 2.39. The lowest BCUT2D eigenvalue weighted by Crippen LogP contribution is -2.49. The van der Waals surface area contributed by atoms with Crippen molar-refractivity contribution < 1.29 is 14.1 Å². The van der Waals surface area contributed by atoms with E-state index >= 15 is 0 Å². The number of aromatic nitrogens is 1. The van der Waals surface area contributed by atoms with Gasteiger partial charge in [0.2, 0.25) is 0 Å². The predicted molar refractivity (Wildman–Crippen MR) is 138 cm³/mol. The third-order valence-electron chi connectivity index (χ3n) is 6.35. The summed E-state index contributed by atoms with van der Waals surface area (Å²) >= 11 is 1.38. The average Bonchev–Trinajstić information content (AvgIpc) is 2.87. The van der Waals surface area contributed by atoms with Crippen molar-refractivity contribution in [3.05, 3.63) is 66.2 Å². The number of rotatable bonds is 7. The number of nitriles is 1. The molecule has 1 aliphatic carbocycles. The highest BCUT2D eigenvalue weighted by atomic mass is 32.2. The number of pyridine rings is 1. The van der Waals surface area contributed by atoms with Crippen molar-refractivity contribution in [2.24, 2.45) is 0 Å². The average molecular weight is 493 g/mol. The largest absolute Gasteiger partial charge is 0.497 e. The molecule has 1 heterocycles. The molecule has 1 aliphatic rings. The summed E-state index contributed by atoms with van der Waals surface area (Å²) in [5.74, 6) is 1.10. The number of benzene rings is 2. The van der Waals surface area contributed by atoms with Gasteiger partial charge in [0.05, 0.1) is 29.2 Å². The van der Waals surface area contributed by atoms with Crippen LogP contribution in [0.15, 0.2) is 65.7 Å². The predicted octanol–water partition coefficient (Wildman–Crippen LogP) is 5.44. The number of aliphatic hydroxyl groups is 1. The zero-order valence-electron chi connectivity index (χ0n) is 19.4. The minimum Gasteiger partial charge on any atom is -0.497 e. The maximum Gasteiger partial charge on any atom is 0.118 e. The number of hydrogen-bond acceptors (Lipinski definition) is 6. The normalized spacial score (nSPS) is 20.9. The van der Waals surface area contributed by atoms with E-state index in [-0.39, 0.29) is 5.25 Å². The first-order valence-electron chi connectivity index (χ1n) is 11.3. The van der Waals surface area contributed by atoms with E-state index in [1.807, 2.05) is 60.7 Å². The van der Waals surface area contributed by atoms with E-state index in [0.717, 1.165) is 47.4 Å². The van der Waals surface area contributed by atoms with Crippen molar-refractivity contribution in [3.8, 4) is 34.2 Å². The Balaban J connectivity index is 1.77. The van der Waals surface area contributed by atoms with Crippen LogP contribution in [0, 0.1) is 11.3 Å². The van der Waals surface area contributed by atoms with Crippen LogP contribution in [0.25, 0.3) is 22.4 Å². The number of thioether (sulfide) groups is 1.